The average molecular weight is 320 g/mol. The van der Waals surface area contributed by atoms with Crippen LogP contribution in [-0.4, -0.2) is 30.4 Å². The number of hydrogen-bond donors (Lipinski definition) is 1. The van der Waals surface area contributed by atoms with E-state index >= 15 is 0 Å². The van der Waals surface area contributed by atoms with Crippen LogP contribution < -0.4 is 5.32 Å². The number of nitrogens with one attached hydrogen (secondary N) is 1. The van der Waals surface area contributed by atoms with Crippen LogP contribution in [0.25, 0.3) is 0 Å². The summed E-state index contributed by atoms with van der Waals surface area (Å²) in [6.07, 6.45) is 3.67. The van der Waals surface area contributed by atoms with E-state index in [0.717, 1.165) is 12.0 Å². The Hall–Kier alpha value is -1.42. The Morgan fingerprint density at radius 2 is 1.96 bits per heavy atom. The fourth-order valence-corrected chi connectivity index (χ4v) is 3.39. The Bertz CT molecular complexity index is 517. The van der Waals surface area contributed by atoms with Crippen molar-refractivity contribution in [2.75, 3.05) is 13.6 Å². The van der Waals surface area contributed by atoms with Crippen molar-refractivity contribution in [3.05, 3.63) is 35.6 Å². The first kappa shape index (κ1) is 17.9. The minimum atomic E-state index is -0.253. The molecule has 0 aliphatic heterocycles. The van der Waals surface area contributed by atoms with Crippen molar-refractivity contribution in [2.45, 2.75) is 52.1 Å². The van der Waals surface area contributed by atoms with Gasteiger partial charge in [0.25, 0.3) is 0 Å². The lowest BCUT2D eigenvalue weighted by Gasteiger charge is -2.35. The topological polar surface area (TPSA) is 32.3 Å². The lowest BCUT2D eigenvalue weighted by Crippen LogP contribution is -2.45. The number of likely N-dealkylation sites (N-methyl/N-ethyl adjacent to an activating group) is 1. The lowest BCUT2D eigenvalue weighted by atomic mass is 9.78. The fraction of sp³-hybridized carbons (Fsp3) is 0.632. The van der Waals surface area contributed by atoms with Crippen molar-refractivity contribution in [2.24, 2.45) is 11.8 Å². The van der Waals surface area contributed by atoms with Crippen LogP contribution in [0, 0.1) is 17.7 Å². The predicted molar refractivity (Wildman–Crippen MR) is 91.6 cm³/mol. The molecule has 2 rings (SSSR count). The molecule has 4 atom stereocenters. The molecule has 0 aromatic heterocycles. The summed E-state index contributed by atoms with van der Waals surface area (Å²) in [6, 6.07) is 6.72. The summed E-state index contributed by atoms with van der Waals surface area (Å²) in [5.74, 6) is 1.15. The molecule has 1 aliphatic carbocycles. The Kier molecular flexibility index (Phi) is 6.17. The molecule has 0 radical (unpaired) electrons. The van der Waals surface area contributed by atoms with Crippen molar-refractivity contribution in [3.63, 3.8) is 0 Å². The molecule has 0 saturated heterocycles. The molecule has 0 heterocycles. The number of carbonyl (C=O) groups is 1. The first-order chi connectivity index (χ1) is 10.9. The van der Waals surface area contributed by atoms with Crippen molar-refractivity contribution >= 4 is 5.91 Å². The number of halogens is 1. The first-order valence-corrected chi connectivity index (χ1v) is 8.64. The highest BCUT2D eigenvalue weighted by Crippen LogP contribution is 2.29. The summed E-state index contributed by atoms with van der Waals surface area (Å²) in [7, 11) is 1.81. The monoisotopic (exact) mass is 320 g/mol. The van der Waals surface area contributed by atoms with Gasteiger partial charge in [-0.2, -0.15) is 0 Å². The van der Waals surface area contributed by atoms with E-state index in [2.05, 4.69) is 19.2 Å². The molecule has 4 unspecified atom stereocenters. The van der Waals surface area contributed by atoms with Gasteiger partial charge in [0.05, 0.1) is 12.6 Å². The fourth-order valence-electron chi connectivity index (χ4n) is 3.39. The van der Waals surface area contributed by atoms with Gasteiger partial charge in [-0.15, -0.1) is 0 Å². The van der Waals surface area contributed by atoms with Crippen LogP contribution >= 0.6 is 0 Å². The minimum Gasteiger partial charge on any atom is -0.338 e. The largest absolute Gasteiger partial charge is 0.338 e. The van der Waals surface area contributed by atoms with E-state index in [-0.39, 0.29) is 17.8 Å². The molecule has 1 aromatic carbocycles. The minimum absolute atomic E-state index is 0.0624. The van der Waals surface area contributed by atoms with Crippen molar-refractivity contribution in [3.8, 4) is 0 Å². The molecule has 1 fully saturated rings. The molecule has 1 saturated carbocycles. The van der Waals surface area contributed by atoms with Crippen LogP contribution in [0.1, 0.15) is 51.6 Å². The number of rotatable bonds is 5. The summed E-state index contributed by atoms with van der Waals surface area (Å²) in [6.45, 7) is 6.90. The molecule has 128 valence electrons. The van der Waals surface area contributed by atoms with Gasteiger partial charge in [-0.3, -0.25) is 4.79 Å². The van der Waals surface area contributed by atoms with E-state index in [1.165, 1.54) is 25.0 Å². The van der Waals surface area contributed by atoms with Crippen LogP contribution in [0.4, 0.5) is 4.39 Å². The highest BCUT2D eigenvalue weighted by atomic mass is 19.1. The number of nitrogens with zero attached hydrogens (tertiary/aromatic N) is 1. The summed E-state index contributed by atoms with van der Waals surface area (Å²) >= 11 is 0. The first-order valence-electron chi connectivity index (χ1n) is 8.64. The predicted octanol–water partition coefficient (Wildman–Crippen LogP) is 3.76. The van der Waals surface area contributed by atoms with Crippen LogP contribution in [-0.2, 0) is 4.79 Å². The maximum atomic E-state index is 13.0. The Balaban J connectivity index is 1.88. The lowest BCUT2D eigenvalue weighted by molar-refractivity contribution is -0.131. The average Bonchev–Trinajstić information content (AvgIpc) is 2.55. The molecule has 1 aromatic rings. The van der Waals surface area contributed by atoms with Gasteiger partial charge >= 0.3 is 0 Å². The number of benzene rings is 1. The number of hydrogen-bond acceptors (Lipinski definition) is 2. The second-order valence-corrected chi connectivity index (χ2v) is 6.99. The zero-order valence-corrected chi connectivity index (χ0v) is 14.7. The molecular weight excluding hydrogens is 291 g/mol. The van der Waals surface area contributed by atoms with E-state index in [0.29, 0.717) is 24.4 Å². The zero-order valence-electron chi connectivity index (χ0n) is 14.7. The Morgan fingerprint density at radius 1 is 1.30 bits per heavy atom. The van der Waals surface area contributed by atoms with E-state index in [4.69, 9.17) is 0 Å². The van der Waals surface area contributed by atoms with Gasteiger partial charge in [-0.05, 0) is 42.9 Å². The van der Waals surface area contributed by atoms with Gasteiger partial charge in [0, 0.05) is 13.1 Å². The maximum Gasteiger partial charge on any atom is 0.236 e. The molecule has 23 heavy (non-hydrogen) atoms. The highest BCUT2D eigenvalue weighted by molar-refractivity contribution is 5.78. The van der Waals surface area contributed by atoms with Crippen molar-refractivity contribution in [1.82, 2.24) is 10.2 Å². The third-order valence-corrected chi connectivity index (χ3v) is 5.55. The van der Waals surface area contributed by atoms with Gasteiger partial charge in [0.2, 0.25) is 5.91 Å². The molecule has 4 heteroatoms. The molecule has 1 aliphatic rings. The number of amides is 1. The summed E-state index contributed by atoms with van der Waals surface area (Å²) < 4.78 is 13.0. The summed E-state index contributed by atoms with van der Waals surface area (Å²) in [5, 5.41) is 3.45. The number of carbonyl (C=O) groups excluding carboxylic acids is 1. The molecule has 1 amide bonds. The zero-order chi connectivity index (χ0) is 17.0. The van der Waals surface area contributed by atoms with Crippen molar-refractivity contribution in [1.29, 1.82) is 0 Å². The van der Waals surface area contributed by atoms with Crippen molar-refractivity contribution < 1.29 is 9.18 Å². The van der Waals surface area contributed by atoms with E-state index < -0.39 is 0 Å². The second kappa shape index (κ2) is 7.91. The Labute approximate surface area is 139 Å². The van der Waals surface area contributed by atoms with E-state index in [9.17, 15) is 9.18 Å². The SMILES string of the molecule is CC1CCCC(NCC(=O)N(C)C(C)c2ccc(F)cc2)C1C. The Morgan fingerprint density at radius 3 is 2.61 bits per heavy atom. The normalized spacial score (nSPS) is 25.9. The third kappa shape index (κ3) is 4.54. The second-order valence-electron chi connectivity index (χ2n) is 6.99. The third-order valence-electron chi connectivity index (χ3n) is 5.55. The smallest absolute Gasteiger partial charge is 0.236 e. The van der Waals surface area contributed by atoms with E-state index in [1.54, 1.807) is 17.0 Å². The summed E-state index contributed by atoms with van der Waals surface area (Å²) in [4.78, 5) is 14.2. The highest BCUT2D eigenvalue weighted by Gasteiger charge is 2.27. The van der Waals surface area contributed by atoms with Crippen LogP contribution in [0.15, 0.2) is 24.3 Å². The van der Waals surface area contributed by atoms with Gasteiger partial charge in [0.1, 0.15) is 5.82 Å². The van der Waals surface area contributed by atoms with Crippen LogP contribution in [0.3, 0.4) is 0 Å². The standard InChI is InChI=1S/C19H29FN2O/c1-13-6-5-7-18(14(13)2)21-12-19(23)22(4)15(3)16-8-10-17(20)11-9-16/h8-11,13-15,18,21H,5-7,12H2,1-4H3. The maximum absolute atomic E-state index is 13.0. The molecule has 1 N–H and O–H groups in total. The van der Waals surface area contributed by atoms with E-state index in [1.807, 2.05) is 14.0 Å². The quantitative estimate of drug-likeness (QED) is 0.896. The molecule has 3 nitrogen and oxygen atoms in total. The molecule has 0 spiro atoms. The molecule has 0 bridgehead atoms. The van der Waals surface area contributed by atoms with Gasteiger partial charge < -0.3 is 10.2 Å². The van der Waals surface area contributed by atoms with Crippen LogP contribution in [0.5, 0.6) is 0 Å². The molecular formula is C19H29FN2O. The summed E-state index contributed by atoms with van der Waals surface area (Å²) in [5.41, 5.74) is 0.946. The van der Waals surface area contributed by atoms with Crippen LogP contribution in [0.2, 0.25) is 0 Å². The van der Waals surface area contributed by atoms with Gasteiger partial charge in [-0.1, -0.05) is 38.8 Å². The van der Waals surface area contributed by atoms with Gasteiger partial charge in [0.15, 0.2) is 0 Å². The van der Waals surface area contributed by atoms with Gasteiger partial charge in [-0.25, -0.2) is 4.39 Å².